The average Bonchev–Trinajstić information content (AvgIpc) is 2.98. The van der Waals surface area contributed by atoms with E-state index in [9.17, 15) is 9.59 Å². The monoisotopic (exact) mass is 391 g/mol. The molecule has 0 aliphatic carbocycles. The molecule has 1 heterocycles. The van der Waals surface area contributed by atoms with Crippen molar-refractivity contribution in [1.29, 1.82) is 0 Å². The third-order valence-corrected chi connectivity index (χ3v) is 5.09. The summed E-state index contributed by atoms with van der Waals surface area (Å²) in [6.45, 7) is 1.95. The second-order valence-electron chi connectivity index (χ2n) is 6.62. The number of fused-ring (bicyclic) bond motifs is 3. The van der Waals surface area contributed by atoms with Gasteiger partial charge in [0.15, 0.2) is 0 Å². The molecule has 0 radical (unpaired) electrons. The van der Waals surface area contributed by atoms with Crippen LogP contribution < -0.4 is 11.1 Å². The minimum atomic E-state index is -0.483. The lowest BCUT2D eigenvalue weighted by Crippen LogP contribution is -2.11. The summed E-state index contributed by atoms with van der Waals surface area (Å²) in [5, 5.41) is 5.10. The topological polar surface area (TPSA) is 77.1 Å². The molecular weight excluding hydrogens is 374 g/mol. The molecule has 4 aromatic rings. The van der Waals surface area contributed by atoms with Gasteiger partial charge in [-0.05, 0) is 29.8 Å². The van der Waals surface area contributed by atoms with Crippen LogP contribution in [0.1, 0.15) is 22.8 Å². The number of nitrogens with zero attached hydrogens (tertiary/aromatic N) is 1. The first-order chi connectivity index (χ1) is 13.5. The van der Waals surface area contributed by atoms with Gasteiger partial charge in [0.05, 0.1) is 22.6 Å². The van der Waals surface area contributed by atoms with Gasteiger partial charge < -0.3 is 15.6 Å². The van der Waals surface area contributed by atoms with Crippen molar-refractivity contribution in [3.63, 3.8) is 0 Å². The highest BCUT2D eigenvalue weighted by Crippen LogP contribution is 2.36. The van der Waals surface area contributed by atoms with E-state index in [1.807, 2.05) is 54.6 Å². The number of primary amides is 1. The lowest BCUT2D eigenvalue weighted by molar-refractivity contribution is -0.114. The van der Waals surface area contributed by atoms with Gasteiger partial charge in [0.25, 0.3) is 0 Å². The van der Waals surface area contributed by atoms with Gasteiger partial charge in [0.2, 0.25) is 11.8 Å². The Morgan fingerprint density at radius 1 is 1.04 bits per heavy atom. The molecule has 0 bridgehead atoms. The Morgan fingerprint density at radius 3 is 2.54 bits per heavy atom. The molecule has 3 aromatic carbocycles. The van der Waals surface area contributed by atoms with Crippen LogP contribution >= 0.6 is 11.6 Å². The van der Waals surface area contributed by atoms with Gasteiger partial charge in [-0.25, -0.2) is 0 Å². The zero-order valence-corrected chi connectivity index (χ0v) is 16.0. The molecule has 0 aliphatic heterocycles. The Bertz CT molecular complexity index is 1240. The van der Waals surface area contributed by atoms with Gasteiger partial charge in [-0.1, -0.05) is 48.0 Å². The zero-order chi connectivity index (χ0) is 19.8. The molecule has 140 valence electrons. The van der Waals surface area contributed by atoms with Crippen LogP contribution in [0.4, 0.5) is 5.69 Å². The number of anilines is 1. The molecule has 3 N–H and O–H groups in total. The lowest BCUT2D eigenvalue weighted by Gasteiger charge is -2.13. The number of carbonyl (C=O) groups is 2. The van der Waals surface area contributed by atoms with Gasteiger partial charge in [-0.3, -0.25) is 9.59 Å². The standard InChI is InChI=1S/C22H18ClN3O2/c1-13(27)25-18-10-3-2-6-14(18)12-26-19-11-5-8-16(22(24)28)20(19)15-7-4-9-17(23)21(15)26/h2-11H,12H2,1H3,(H2,24,28)(H,25,27). The van der Waals surface area contributed by atoms with Crippen molar-refractivity contribution in [2.45, 2.75) is 13.5 Å². The Morgan fingerprint density at radius 2 is 1.79 bits per heavy atom. The Kier molecular flexibility index (Phi) is 4.53. The van der Waals surface area contributed by atoms with E-state index >= 15 is 0 Å². The highest BCUT2D eigenvalue weighted by atomic mass is 35.5. The molecule has 2 amide bonds. The van der Waals surface area contributed by atoms with Gasteiger partial charge in [0, 0.05) is 28.9 Å². The van der Waals surface area contributed by atoms with E-state index in [0.717, 1.165) is 33.1 Å². The van der Waals surface area contributed by atoms with E-state index in [-0.39, 0.29) is 5.91 Å². The summed E-state index contributed by atoms with van der Waals surface area (Å²) in [5.74, 6) is -0.619. The number of aromatic nitrogens is 1. The summed E-state index contributed by atoms with van der Waals surface area (Å²) in [4.78, 5) is 23.6. The summed E-state index contributed by atoms with van der Waals surface area (Å²) in [7, 11) is 0. The van der Waals surface area contributed by atoms with Gasteiger partial charge >= 0.3 is 0 Å². The Labute approximate surface area is 166 Å². The van der Waals surface area contributed by atoms with Crippen molar-refractivity contribution >= 4 is 50.9 Å². The number of amides is 2. The fourth-order valence-corrected chi connectivity index (χ4v) is 3.95. The number of para-hydroxylation sites is 2. The third kappa shape index (κ3) is 3.00. The molecule has 6 heteroatoms. The quantitative estimate of drug-likeness (QED) is 0.535. The number of nitrogens with two attached hydrogens (primary N) is 1. The average molecular weight is 392 g/mol. The normalized spacial score (nSPS) is 11.1. The smallest absolute Gasteiger partial charge is 0.249 e. The minimum Gasteiger partial charge on any atom is -0.366 e. The molecule has 0 spiro atoms. The zero-order valence-electron chi connectivity index (χ0n) is 15.2. The molecule has 0 aliphatic rings. The summed E-state index contributed by atoms with van der Waals surface area (Å²) in [6, 6.07) is 18.7. The van der Waals surface area contributed by atoms with Crippen molar-refractivity contribution in [2.24, 2.45) is 5.73 Å². The van der Waals surface area contributed by atoms with Crippen LogP contribution in [0.2, 0.25) is 5.02 Å². The van der Waals surface area contributed by atoms with Crippen LogP contribution in [-0.2, 0) is 11.3 Å². The fourth-order valence-electron chi connectivity index (χ4n) is 3.67. The van der Waals surface area contributed by atoms with Crippen LogP contribution in [0.5, 0.6) is 0 Å². The Hall–Kier alpha value is -3.31. The molecule has 0 unspecified atom stereocenters. The Balaban J connectivity index is 2.01. The number of hydrogen-bond acceptors (Lipinski definition) is 2. The molecule has 0 atom stereocenters. The molecule has 28 heavy (non-hydrogen) atoms. The molecular formula is C22H18ClN3O2. The van der Waals surface area contributed by atoms with Crippen LogP contribution in [0.25, 0.3) is 21.8 Å². The maximum atomic E-state index is 12.0. The molecule has 0 saturated heterocycles. The van der Waals surface area contributed by atoms with Crippen LogP contribution in [0.3, 0.4) is 0 Å². The second-order valence-corrected chi connectivity index (χ2v) is 7.03. The second kappa shape index (κ2) is 7.02. The van der Waals surface area contributed by atoms with Crippen molar-refractivity contribution < 1.29 is 9.59 Å². The first-order valence-electron chi connectivity index (χ1n) is 8.82. The van der Waals surface area contributed by atoms with Crippen molar-refractivity contribution in [2.75, 3.05) is 5.32 Å². The molecule has 5 nitrogen and oxygen atoms in total. The fraction of sp³-hybridized carbons (Fsp3) is 0.0909. The molecule has 4 rings (SSSR count). The summed E-state index contributed by atoms with van der Waals surface area (Å²) in [6.07, 6.45) is 0. The number of carbonyl (C=O) groups excluding carboxylic acids is 2. The van der Waals surface area contributed by atoms with Crippen LogP contribution in [0, 0.1) is 0 Å². The summed E-state index contributed by atoms with van der Waals surface area (Å²) >= 11 is 6.55. The maximum absolute atomic E-state index is 12.0. The van der Waals surface area contributed by atoms with E-state index in [1.165, 1.54) is 6.92 Å². The summed E-state index contributed by atoms with van der Waals surface area (Å²) < 4.78 is 2.06. The lowest BCUT2D eigenvalue weighted by atomic mass is 10.1. The van der Waals surface area contributed by atoms with Crippen LogP contribution in [0.15, 0.2) is 60.7 Å². The van der Waals surface area contributed by atoms with E-state index in [0.29, 0.717) is 17.1 Å². The first kappa shape index (κ1) is 18.1. The number of nitrogens with one attached hydrogen (secondary N) is 1. The largest absolute Gasteiger partial charge is 0.366 e. The van der Waals surface area contributed by atoms with Crippen molar-refractivity contribution in [1.82, 2.24) is 4.57 Å². The minimum absolute atomic E-state index is 0.135. The van der Waals surface area contributed by atoms with E-state index in [1.54, 1.807) is 6.07 Å². The SMILES string of the molecule is CC(=O)Nc1ccccc1Cn1c2cccc(C(N)=O)c2c2cccc(Cl)c21. The maximum Gasteiger partial charge on any atom is 0.249 e. The van der Waals surface area contributed by atoms with E-state index < -0.39 is 5.91 Å². The van der Waals surface area contributed by atoms with E-state index in [4.69, 9.17) is 17.3 Å². The highest BCUT2D eigenvalue weighted by Gasteiger charge is 2.18. The third-order valence-electron chi connectivity index (χ3n) is 4.78. The van der Waals surface area contributed by atoms with Crippen LogP contribution in [-0.4, -0.2) is 16.4 Å². The first-order valence-corrected chi connectivity index (χ1v) is 9.20. The number of rotatable bonds is 4. The van der Waals surface area contributed by atoms with Crippen molar-refractivity contribution in [3.8, 4) is 0 Å². The molecule has 0 fully saturated rings. The molecule has 1 aromatic heterocycles. The number of hydrogen-bond donors (Lipinski definition) is 2. The number of halogens is 1. The van der Waals surface area contributed by atoms with E-state index in [2.05, 4.69) is 9.88 Å². The molecule has 0 saturated carbocycles. The number of benzene rings is 3. The van der Waals surface area contributed by atoms with Gasteiger partial charge in [-0.15, -0.1) is 0 Å². The summed E-state index contributed by atoms with van der Waals surface area (Å²) in [5.41, 5.74) is 9.43. The van der Waals surface area contributed by atoms with Gasteiger partial charge in [0.1, 0.15) is 0 Å². The highest BCUT2D eigenvalue weighted by molar-refractivity contribution is 6.37. The predicted molar refractivity (Wildman–Crippen MR) is 113 cm³/mol. The predicted octanol–water partition coefficient (Wildman–Crippen LogP) is 4.55. The van der Waals surface area contributed by atoms with Crippen molar-refractivity contribution in [3.05, 3.63) is 76.8 Å². The van der Waals surface area contributed by atoms with Gasteiger partial charge in [-0.2, -0.15) is 0 Å².